The SMILES string of the molecule is COc1cc(NCCCN(C)C)c(NC(=O)[C@](C)(Cl)OS(C)(=O)=O)cc1Nc1nccc(-c2cn(C)c3ccccc23)n1. The van der Waals surface area contributed by atoms with Gasteiger partial charge in [-0.05, 0) is 52.2 Å². The Balaban J connectivity index is 1.68. The summed E-state index contributed by atoms with van der Waals surface area (Å²) < 4.78 is 35.9. The van der Waals surface area contributed by atoms with Crippen molar-refractivity contribution >= 4 is 61.5 Å². The van der Waals surface area contributed by atoms with Gasteiger partial charge >= 0.3 is 0 Å². The van der Waals surface area contributed by atoms with E-state index in [0.717, 1.165) is 48.3 Å². The molecule has 2 heterocycles. The first kappa shape index (κ1) is 32.0. The van der Waals surface area contributed by atoms with Gasteiger partial charge in [0.1, 0.15) is 5.75 Å². The predicted molar refractivity (Wildman–Crippen MR) is 171 cm³/mol. The van der Waals surface area contributed by atoms with Gasteiger partial charge in [-0.1, -0.05) is 29.8 Å². The lowest BCUT2D eigenvalue weighted by molar-refractivity contribution is -0.124. The first-order valence-electron chi connectivity index (χ1n) is 13.4. The number of amides is 1. The van der Waals surface area contributed by atoms with Gasteiger partial charge in [0, 0.05) is 48.5 Å². The van der Waals surface area contributed by atoms with E-state index >= 15 is 0 Å². The molecule has 0 fully saturated rings. The lowest BCUT2D eigenvalue weighted by Gasteiger charge is -2.23. The zero-order valence-electron chi connectivity index (χ0n) is 24.9. The molecule has 2 aromatic carbocycles. The molecular weight excluding hydrogens is 594 g/mol. The van der Waals surface area contributed by atoms with E-state index in [2.05, 4.69) is 25.8 Å². The van der Waals surface area contributed by atoms with Crippen LogP contribution in [0, 0.1) is 0 Å². The molecule has 0 saturated heterocycles. The first-order valence-corrected chi connectivity index (χ1v) is 15.6. The maximum Gasteiger partial charge on any atom is 0.273 e. The van der Waals surface area contributed by atoms with Crippen molar-refractivity contribution in [2.75, 3.05) is 56.5 Å². The van der Waals surface area contributed by atoms with Gasteiger partial charge < -0.3 is 30.2 Å². The molecule has 12 nitrogen and oxygen atoms in total. The summed E-state index contributed by atoms with van der Waals surface area (Å²) in [6.45, 7) is 2.59. The van der Waals surface area contributed by atoms with Crippen molar-refractivity contribution in [1.29, 1.82) is 0 Å². The summed E-state index contributed by atoms with van der Waals surface area (Å²) in [7, 11) is 3.45. The summed E-state index contributed by atoms with van der Waals surface area (Å²) in [5, 5.41) is 8.06. The lowest BCUT2D eigenvalue weighted by Crippen LogP contribution is -2.39. The second kappa shape index (κ2) is 13.2. The number of hydrogen-bond acceptors (Lipinski definition) is 10. The van der Waals surface area contributed by atoms with Crippen LogP contribution in [0.3, 0.4) is 0 Å². The number of rotatable bonds is 13. The van der Waals surface area contributed by atoms with Crippen molar-refractivity contribution in [2.45, 2.75) is 18.4 Å². The molecule has 43 heavy (non-hydrogen) atoms. The molecular formula is C29H36ClN7O5S. The number of alkyl halides is 1. The normalized spacial score (nSPS) is 13.1. The van der Waals surface area contributed by atoms with E-state index < -0.39 is 21.1 Å². The summed E-state index contributed by atoms with van der Waals surface area (Å²) in [6.07, 6.45) is 5.32. The average molecular weight is 630 g/mol. The van der Waals surface area contributed by atoms with E-state index in [4.69, 9.17) is 25.5 Å². The van der Waals surface area contributed by atoms with Gasteiger partial charge in [0.15, 0.2) is 0 Å². The van der Waals surface area contributed by atoms with Gasteiger partial charge in [-0.2, -0.15) is 8.42 Å². The molecule has 0 unspecified atom stereocenters. The molecule has 0 radical (unpaired) electrons. The fourth-order valence-corrected chi connectivity index (χ4v) is 5.54. The van der Waals surface area contributed by atoms with Crippen molar-refractivity contribution in [3.05, 3.63) is 54.9 Å². The number of aryl methyl sites for hydroxylation is 1. The molecule has 0 aliphatic carbocycles. The van der Waals surface area contributed by atoms with Crippen LogP contribution in [-0.4, -0.2) is 79.4 Å². The number of methoxy groups -OCH3 is 1. The molecule has 0 saturated carbocycles. The van der Waals surface area contributed by atoms with Crippen molar-refractivity contribution in [1.82, 2.24) is 19.4 Å². The summed E-state index contributed by atoms with van der Waals surface area (Å²) in [5.74, 6) is -0.121. The minimum atomic E-state index is -4.02. The lowest BCUT2D eigenvalue weighted by atomic mass is 10.1. The molecule has 1 atom stereocenters. The van der Waals surface area contributed by atoms with Gasteiger partial charge in [-0.25, -0.2) is 14.2 Å². The van der Waals surface area contributed by atoms with Crippen molar-refractivity contribution < 1.29 is 22.1 Å². The Bertz CT molecular complexity index is 1720. The zero-order valence-corrected chi connectivity index (χ0v) is 26.5. The number of carbonyl (C=O) groups is 1. The number of benzene rings is 2. The molecule has 0 aliphatic rings. The number of carbonyl (C=O) groups excluding carboxylic acids is 1. The highest BCUT2D eigenvalue weighted by molar-refractivity contribution is 7.86. The number of hydrogen-bond donors (Lipinski definition) is 3. The maximum atomic E-state index is 13.1. The molecule has 4 rings (SSSR count). The van der Waals surface area contributed by atoms with Crippen LogP contribution in [0.1, 0.15) is 13.3 Å². The Hall–Kier alpha value is -3.91. The van der Waals surface area contributed by atoms with Crippen LogP contribution in [0.4, 0.5) is 23.0 Å². The van der Waals surface area contributed by atoms with Crippen molar-refractivity contribution in [2.24, 2.45) is 7.05 Å². The molecule has 0 spiro atoms. The number of nitrogens with zero attached hydrogens (tertiary/aromatic N) is 4. The van der Waals surface area contributed by atoms with Gasteiger partial charge in [-0.15, -0.1) is 0 Å². The smallest absolute Gasteiger partial charge is 0.273 e. The maximum absolute atomic E-state index is 13.1. The van der Waals surface area contributed by atoms with Crippen LogP contribution in [0.15, 0.2) is 54.9 Å². The van der Waals surface area contributed by atoms with Crippen molar-refractivity contribution in [3.8, 4) is 17.0 Å². The summed E-state index contributed by atoms with van der Waals surface area (Å²) in [6, 6.07) is 13.2. The van der Waals surface area contributed by atoms with E-state index in [1.54, 1.807) is 18.3 Å². The Kier molecular flexibility index (Phi) is 9.80. The summed E-state index contributed by atoms with van der Waals surface area (Å²) >= 11 is 6.18. The molecule has 1 amide bonds. The fourth-order valence-electron chi connectivity index (χ4n) is 4.51. The average Bonchev–Trinajstić information content (AvgIpc) is 3.27. The third kappa shape index (κ3) is 8.14. The van der Waals surface area contributed by atoms with Crippen LogP contribution in [-0.2, 0) is 26.1 Å². The predicted octanol–water partition coefficient (Wildman–Crippen LogP) is 4.62. The first-order chi connectivity index (χ1) is 20.3. The van der Waals surface area contributed by atoms with Crippen LogP contribution >= 0.6 is 11.6 Å². The van der Waals surface area contributed by atoms with Crippen LogP contribution < -0.4 is 20.7 Å². The van der Waals surface area contributed by atoms with E-state index in [1.165, 1.54) is 7.11 Å². The van der Waals surface area contributed by atoms with Gasteiger partial charge in [-0.3, -0.25) is 4.79 Å². The number of ether oxygens (including phenoxy) is 1. The number of anilines is 4. The Labute approximate surface area is 256 Å². The standard InChI is InChI=1S/C29H36ClN7O5S/c1-29(30,42-43(6,39)40)27(38)33-23-16-24(26(41-5)17-22(23)31-13-9-15-36(2)3)35-28-32-14-12-21(34-28)20-18-37(4)25-11-8-7-10-19(20)25/h7-8,10-12,14,16-18,31H,9,13,15H2,1-6H3,(H,33,38)(H,32,34,35)/t29-/m1/s1. The highest BCUT2D eigenvalue weighted by Crippen LogP contribution is 2.37. The number of fused-ring (bicyclic) bond motifs is 1. The Morgan fingerprint density at radius 3 is 2.58 bits per heavy atom. The largest absolute Gasteiger partial charge is 0.494 e. The van der Waals surface area contributed by atoms with E-state index in [9.17, 15) is 13.2 Å². The highest BCUT2D eigenvalue weighted by atomic mass is 35.5. The topological polar surface area (TPSA) is 140 Å². The summed E-state index contributed by atoms with van der Waals surface area (Å²) in [5.41, 5.74) is 4.04. The van der Waals surface area contributed by atoms with Crippen LogP contribution in [0.2, 0.25) is 0 Å². The molecule has 2 aromatic heterocycles. The van der Waals surface area contributed by atoms with Gasteiger partial charge in [0.2, 0.25) is 11.0 Å². The summed E-state index contributed by atoms with van der Waals surface area (Å²) in [4.78, 5) is 24.3. The third-order valence-corrected chi connectivity index (χ3v) is 7.45. The number of aromatic nitrogens is 3. The number of halogens is 1. The third-order valence-electron chi connectivity index (χ3n) is 6.47. The van der Waals surface area contributed by atoms with Gasteiger partial charge in [0.05, 0.1) is 36.1 Å². The second-order valence-electron chi connectivity index (χ2n) is 10.4. The molecule has 0 aliphatic heterocycles. The quantitative estimate of drug-likeness (QED) is 0.109. The molecule has 3 N–H and O–H groups in total. The molecule has 230 valence electrons. The minimum absolute atomic E-state index is 0.301. The fraction of sp³-hybridized carbons (Fsp3) is 0.345. The molecule has 0 bridgehead atoms. The van der Waals surface area contributed by atoms with E-state index in [1.807, 2.05) is 62.2 Å². The number of para-hydroxylation sites is 1. The highest BCUT2D eigenvalue weighted by Gasteiger charge is 2.36. The monoisotopic (exact) mass is 629 g/mol. The molecule has 4 aromatic rings. The number of nitrogens with one attached hydrogen (secondary N) is 3. The van der Waals surface area contributed by atoms with Crippen molar-refractivity contribution in [3.63, 3.8) is 0 Å². The van der Waals surface area contributed by atoms with E-state index in [-0.39, 0.29) is 0 Å². The van der Waals surface area contributed by atoms with Crippen LogP contribution in [0.5, 0.6) is 5.75 Å². The van der Waals surface area contributed by atoms with E-state index in [0.29, 0.717) is 35.3 Å². The molecule has 14 heteroatoms. The van der Waals surface area contributed by atoms with Gasteiger partial charge in [0.25, 0.3) is 16.0 Å². The second-order valence-corrected chi connectivity index (χ2v) is 12.7. The van der Waals surface area contributed by atoms with Crippen LogP contribution in [0.25, 0.3) is 22.2 Å². The Morgan fingerprint density at radius 1 is 1.14 bits per heavy atom. The minimum Gasteiger partial charge on any atom is -0.494 e. The zero-order chi connectivity index (χ0) is 31.4. The Morgan fingerprint density at radius 2 is 1.88 bits per heavy atom.